The zero-order valence-corrected chi connectivity index (χ0v) is 10.3. The molecule has 0 saturated carbocycles. The summed E-state index contributed by atoms with van der Waals surface area (Å²) >= 11 is 1.36. The fourth-order valence-corrected chi connectivity index (χ4v) is 2.32. The van der Waals surface area contributed by atoms with Crippen LogP contribution in [0, 0.1) is 5.82 Å². The van der Waals surface area contributed by atoms with E-state index in [4.69, 9.17) is 5.73 Å². The Morgan fingerprint density at radius 3 is 2.82 bits per heavy atom. The summed E-state index contributed by atoms with van der Waals surface area (Å²) in [7, 11) is 1.75. The van der Waals surface area contributed by atoms with E-state index in [0.717, 1.165) is 10.5 Å². The van der Waals surface area contributed by atoms with E-state index in [1.165, 1.54) is 23.9 Å². The first-order valence-electron chi connectivity index (χ1n) is 5.03. The van der Waals surface area contributed by atoms with Crippen molar-refractivity contribution in [1.29, 1.82) is 0 Å². The Balaban J connectivity index is 2.36. The minimum atomic E-state index is -0.294. The summed E-state index contributed by atoms with van der Waals surface area (Å²) < 4.78 is 14.7. The predicted octanol–water partition coefficient (Wildman–Crippen LogP) is 1.52. The van der Waals surface area contributed by atoms with Gasteiger partial charge in [-0.25, -0.2) is 9.07 Å². The number of hydrogen-bond acceptors (Lipinski definition) is 5. The maximum atomic E-state index is 13.2. The lowest BCUT2D eigenvalue weighted by molar-refractivity contribution is 0.619. The number of benzene rings is 1. The SMILES string of the molecule is CC(N)c1cc(F)ccc1Sc1nnnn1C. The van der Waals surface area contributed by atoms with Crippen LogP contribution in [0.5, 0.6) is 0 Å². The van der Waals surface area contributed by atoms with E-state index in [0.29, 0.717) is 5.16 Å². The molecule has 0 saturated heterocycles. The fraction of sp³-hybridized carbons (Fsp3) is 0.300. The van der Waals surface area contributed by atoms with Gasteiger partial charge in [0.1, 0.15) is 5.82 Å². The Morgan fingerprint density at radius 2 is 2.24 bits per heavy atom. The molecule has 1 unspecified atom stereocenters. The van der Waals surface area contributed by atoms with Crippen LogP contribution < -0.4 is 5.73 Å². The second-order valence-electron chi connectivity index (χ2n) is 3.66. The summed E-state index contributed by atoms with van der Waals surface area (Å²) in [6.45, 7) is 1.81. The molecule has 0 amide bonds. The van der Waals surface area contributed by atoms with E-state index in [1.54, 1.807) is 17.8 Å². The Morgan fingerprint density at radius 1 is 1.47 bits per heavy atom. The van der Waals surface area contributed by atoms with Gasteiger partial charge in [0, 0.05) is 18.0 Å². The van der Waals surface area contributed by atoms with Crippen molar-refractivity contribution in [3.05, 3.63) is 29.6 Å². The van der Waals surface area contributed by atoms with E-state index in [2.05, 4.69) is 15.5 Å². The molecule has 0 aliphatic carbocycles. The van der Waals surface area contributed by atoms with Crippen molar-refractivity contribution in [1.82, 2.24) is 20.2 Å². The molecule has 1 aromatic carbocycles. The number of rotatable bonds is 3. The van der Waals surface area contributed by atoms with Crippen molar-refractivity contribution >= 4 is 11.8 Å². The van der Waals surface area contributed by atoms with Gasteiger partial charge in [-0.15, -0.1) is 5.10 Å². The second kappa shape index (κ2) is 4.80. The van der Waals surface area contributed by atoms with Crippen molar-refractivity contribution < 1.29 is 4.39 Å². The minimum Gasteiger partial charge on any atom is -0.324 e. The average molecular weight is 253 g/mol. The van der Waals surface area contributed by atoms with Gasteiger partial charge in [0.2, 0.25) is 5.16 Å². The second-order valence-corrected chi connectivity index (χ2v) is 4.67. The molecule has 2 N–H and O–H groups in total. The van der Waals surface area contributed by atoms with Gasteiger partial charge in [0.05, 0.1) is 0 Å². The third-order valence-electron chi connectivity index (χ3n) is 2.24. The van der Waals surface area contributed by atoms with Gasteiger partial charge < -0.3 is 5.73 Å². The average Bonchev–Trinajstić information content (AvgIpc) is 2.67. The van der Waals surface area contributed by atoms with Crippen LogP contribution in [0.25, 0.3) is 0 Å². The van der Waals surface area contributed by atoms with Crippen molar-refractivity contribution in [3.63, 3.8) is 0 Å². The standard InChI is InChI=1S/C10H12FN5S/c1-6(12)8-5-7(11)3-4-9(8)17-10-13-14-15-16(10)2/h3-6H,12H2,1-2H3. The number of nitrogens with zero attached hydrogens (tertiary/aromatic N) is 4. The molecule has 17 heavy (non-hydrogen) atoms. The Labute approximate surface area is 102 Å². The summed E-state index contributed by atoms with van der Waals surface area (Å²) in [5, 5.41) is 11.8. The molecule has 0 aliphatic rings. The Bertz CT molecular complexity index is 525. The molecular formula is C10H12FN5S. The van der Waals surface area contributed by atoms with Crippen LogP contribution in [0.15, 0.2) is 28.3 Å². The molecule has 1 heterocycles. The number of aryl methyl sites for hydroxylation is 1. The molecule has 2 aromatic rings. The summed E-state index contributed by atoms with van der Waals surface area (Å²) in [5.74, 6) is -0.294. The van der Waals surface area contributed by atoms with Gasteiger partial charge >= 0.3 is 0 Å². The molecule has 1 aromatic heterocycles. The monoisotopic (exact) mass is 253 g/mol. The van der Waals surface area contributed by atoms with Gasteiger partial charge in [-0.1, -0.05) is 0 Å². The third kappa shape index (κ3) is 2.62. The molecule has 2 rings (SSSR count). The highest BCUT2D eigenvalue weighted by atomic mass is 32.2. The van der Waals surface area contributed by atoms with Crippen molar-refractivity contribution in [2.75, 3.05) is 0 Å². The summed E-state index contributed by atoms with van der Waals surface area (Å²) in [5.41, 5.74) is 6.56. The van der Waals surface area contributed by atoms with Crippen LogP contribution in [0.2, 0.25) is 0 Å². The Hall–Kier alpha value is -1.47. The highest BCUT2D eigenvalue weighted by Crippen LogP contribution is 2.31. The van der Waals surface area contributed by atoms with Crippen molar-refractivity contribution in [3.8, 4) is 0 Å². The van der Waals surface area contributed by atoms with E-state index < -0.39 is 0 Å². The largest absolute Gasteiger partial charge is 0.324 e. The fourth-order valence-electron chi connectivity index (χ4n) is 1.37. The predicted molar refractivity (Wildman–Crippen MR) is 61.9 cm³/mol. The highest BCUT2D eigenvalue weighted by molar-refractivity contribution is 7.99. The van der Waals surface area contributed by atoms with Crippen LogP contribution in [0.1, 0.15) is 18.5 Å². The van der Waals surface area contributed by atoms with Gasteiger partial charge in [-0.05, 0) is 52.9 Å². The number of nitrogens with two attached hydrogens (primary N) is 1. The summed E-state index contributed by atoms with van der Waals surface area (Å²) in [6, 6.07) is 4.29. The first-order valence-corrected chi connectivity index (χ1v) is 5.85. The number of halogens is 1. The van der Waals surface area contributed by atoms with Gasteiger partial charge in [0.15, 0.2) is 0 Å². The third-order valence-corrected chi connectivity index (χ3v) is 3.37. The molecular weight excluding hydrogens is 241 g/mol. The van der Waals surface area contributed by atoms with E-state index in [9.17, 15) is 4.39 Å². The van der Waals surface area contributed by atoms with Crippen LogP contribution in [0.3, 0.4) is 0 Å². The molecule has 0 bridgehead atoms. The van der Waals surface area contributed by atoms with Crippen LogP contribution in [-0.4, -0.2) is 20.2 Å². The normalized spacial score (nSPS) is 12.7. The summed E-state index contributed by atoms with van der Waals surface area (Å²) in [6.07, 6.45) is 0. The lowest BCUT2D eigenvalue weighted by Gasteiger charge is -2.11. The molecule has 1 atom stereocenters. The molecule has 0 spiro atoms. The topological polar surface area (TPSA) is 69.6 Å². The highest BCUT2D eigenvalue weighted by Gasteiger charge is 2.12. The number of tetrazole rings is 1. The van der Waals surface area contributed by atoms with Gasteiger partial charge in [0.25, 0.3) is 0 Å². The lowest BCUT2D eigenvalue weighted by atomic mass is 10.1. The van der Waals surface area contributed by atoms with Crippen molar-refractivity contribution in [2.24, 2.45) is 12.8 Å². The van der Waals surface area contributed by atoms with Crippen LogP contribution >= 0.6 is 11.8 Å². The Kier molecular flexibility index (Phi) is 3.39. The van der Waals surface area contributed by atoms with Crippen molar-refractivity contribution in [2.45, 2.75) is 23.0 Å². The van der Waals surface area contributed by atoms with Gasteiger partial charge in [-0.2, -0.15) is 0 Å². The van der Waals surface area contributed by atoms with Crippen LogP contribution in [-0.2, 0) is 7.05 Å². The van der Waals surface area contributed by atoms with E-state index in [1.807, 2.05) is 6.92 Å². The molecule has 5 nitrogen and oxygen atoms in total. The number of aromatic nitrogens is 4. The summed E-state index contributed by atoms with van der Waals surface area (Å²) in [4.78, 5) is 0.860. The molecule has 0 fully saturated rings. The van der Waals surface area contributed by atoms with E-state index >= 15 is 0 Å². The number of hydrogen-bond donors (Lipinski definition) is 1. The molecule has 0 aliphatic heterocycles. The molecule has 0 radical (unpaired) electrons. The molecule has 90 valence electrons. The van der Waals surface area contributed by atoms with E-state index in [-0.39, 0.29) is 11.9 Å². The van der Waals surface area contributed by atoms with Gasteiger partial charge in [-0.3, -0.25) is 0 Å². The zero-order chi connectivity index (χ0) is 12.4. The first-order chi connectivity index (χ1) is 8.08. The van der Waals surface area contributed by atoms with Crippen LogP contribution in [0.4, 0.5) is 4.39 Å². The lowest BCUT2D eigenvalue weighted by Crippen LogP contribution is -2.07. The maximum Gasteiger partial charge on any atom is 0.213 e. The first kappa shape index (κ1) is 12.0. The maximum absolute atomic E-state index is 13.2. The zero-order valence-electron chi connectivity index (χ0n) is 9.46. The minimum absolute atomic E-state index is 0.241. The smallest absolute Gasteiger partial charge is 0.213 e. The quantitative estimate of drug-likeness (QED) is 0.898. The molecule has 7 heteroatoms.